The quantitative estimate of drug-likeness (QED) is 0.411. The SMILES string of the molecule is Nc1ccc(S(=O)(=O)O)cc1.Nc1ncn[nH]1. The van der Waals surface area contributed by atoms with Crippen molar-refractivity contribution in [1.82, 2.24) is 15.2 Å². The smallest absolute Gasteiger partial charge is 0.294 e. The lowest BCUT2D eigenvalue weighted by Gasteiger charge is -1.95. The molecule has 6 N–H and O–H groups in total. The second kappa shape index (κ2) is 5.27. The summed E-state index contributed by atoms with van der Waals surface area (Å²) in [6.45, 7) is 0. The van der Waals surface area contributed by atoms with Crippen molar-refractivity contribution in [2.45, 2.75) is 4.90 Å². The van der Waals surface area contributed by atoms with Gasteiger partial charge in [-0.05, 0) is 24.3 Å². The van der Waals surface area contributed by atoms with E-state index in [1.165, 1.54) is 30.6 Å². The number of H-pyrrole nitrogens is 1. The van der Waals surface area contributed by atoms with E-state index in [1.54, 1.807) is 0 Å². The minimum Gasteiger partial charge on any atom is -0.399 e. The van der Waals surface area contributed by atoms with Gasteiger partial charge in [-0.2, -0.15) is 13.5 Å². The lowest BCUT2D eigenvalue weighted by Crippen LogP contribution is -1.97. The van der Waals surface area contributed by atoms with Gasteiger partial charge in [0.1, 0.15) is 6.33 Å². The zero-order valence-corrected chi connectivity index (χ0v) is 9.42. The summed E-state index contributed by atoms with van der Waals surface area (Å²) in [4.78, 5) is 3.38. The molecule has 2 rings (SSSR count). The van der Waals surface area contributed by atoms with Gasteiger partial charge in [-0.3, -0.25) is 4.55 Å². The minimum atomic E-state index is -4.08. The molecule has 1 aromatic heterocycles. The lowest BCUT2D eigenvalue weighted by atomic mass is 10.3. The third kappa shape index (κ3) is 4.49. The van der Waals surface area contributed by atoms with Crippen molar-refractivity contribution < 1.29 is 13.0 Å². The van der Waals surface area contributed by atoms with Gasteiger partial charge in [0.2, 0.25) is 5.95 Å². The Bertz CT molecular complexity index is 549. The van der Waals surface area contributed by atoms with Crippen molar-refractivity contribution in [3.8, 4) is 0 Å². The van der Waals surface area contributed by atoms with Crippen LogP contribution in [0, 0.1) is 0 Å². The number of rotatable bonds is 1. The van der Waals surface area contributed by atoms with Crippen molar-refractivity contribution in [3.05, 3.63) is 30.6 Å². The number of nitrogens with zero attached hydrogens (tertiary/aromatic N) is 2. The molecule has 0 radical (unpaired) electrons. The molecule has 2 aromatic rings. The number of aromatic amines is 1. The second-order valence-corrected chi connectivity index (χ2v) is 4.34. The monoisotopic (exact) mass is 257 g/mol. The maximum Gasteiger partial charge on any atom is 0.294 e. The van der Waals surface area contributed by atoms with Crippen LogP contribution in [0.3, 0.4) is 0 Å². The molecule has 0 saturated carbocycles. The Hall–Kier alpha value is -2.13. The molecule has 0 fully saturated rings. The third-order valence-corrected chi connectivity index (χ3v) is 2.48. The van der Waals surface area contributed by atoms with Crippen LogP contribution in [0.25, 0.3) is 0 Å². The Labute approximate surface area is 97.4 Å². The number of nitrogens with two attached hydrogens (primary N) is 2. The summed E-state index contributed by atoms with van der Waals surface area (Å²) >= 11 is 0. The van der Waals surface area contributed by atoms with Gasteiger partial charge in [0.15, 0.2) is 0 Å². The van der Waals surface area contributed by atoms with E-state index in [1.807, 2.05) is 0 Å². The number of hydrogen-bond donors (Lipinski definition) is 4. The third-order valence-electron chi connectivity index (χ3n) is 1.61. The molecular formula is C8H11N5O3S. The van der Waals surface area contributed by atoms with Gasteiger partial charge in [0.05, 0.1) is 4.90 Å². The molecule has 0 aliphatic rings. The molecule has 8 nitrogen and oxygen atoms in total. The lowest BCUT2D eigenvalue weighted by molar-refractivity contribution is 0.483. The molecule has 0 unspecified atom stereocenters. The second-order valence-electron chi connectivity index (χ2n) is 2.91. The van der Waals surface area contributed by atoms with E-state index < -0.39 is 10.1 Å². The summed E-state index contributed by atoms with van der Waals surface area (Å²) in [6.07, 6.45) is 1.36. The van der Waals surface area contributed by atoms with E-state index in [9.17, 15) is 8.42 Å². The maximum atomic E-state index is 10.5. The first kappa shape index (κ1) is 12.9. The van der Waals surface area contributed by atoms with Crippen molar-refractivity contribution in [2.24, 2.45) is 0 Å². The fourth-order valence-electron chi connectivity index (χ4n) is 0.855. The summed E-state index contributed by atoms with van der Waals surface area (Å²) < 4.78 is 29.4. The fourth-order valence-corrected chi connectivity index (χ4v) is 1.33. The maximum absolute atomic E-state index is 10.5. The largest absolute Gasteiger partial charge is 0.399 e. The number of benzene rings is 1. The van der Waals surface area contributed by atoms with E-state index in [0.717, 1.165) is 0 Å². The van der Waals surface area contributed by atoms with Crippen LogP contribution in [-0.4, -0.2) is 28.2 Å². The Morgan fingerprint density at radius 1 is 1.18 bits per heavy atom. The predicted molar refractivity (Wildman–Crippen MR) is 61.5 cm³/mol. The van der Waals surface area contributed by atoms with Crippen molar-refractivity contribution in [3.63, 3.8) is 0 Å². The number of nitrogen functional groups attached to an aromatic ring is 2. The predicted octanol–water partition coefficient (Wildman–Crippen LogP) is -0.0976. The van der Waals surface area contributed by atoms with Crippen LogP contribution in [-0.2, 0) is 10.1 Å². The zero-order chi connectivity index (χ0) is 12.9. The molecule has 9 heteroatoms. The highest BCUT2D eigenvalue weighted by Gasteiger charge is 2.06. The van der Waals surface area contributed by atoms with Crippen LogP contribution < -0.4 is 11.5 Å². The number of hydrogen-bond acceptors (Lipinski definition) is 6. The molecule has 1 aromatic carbocycles. The average molecular weight is 257 g/mol. The van der Waals surface area contributed by atoms with E-state index in [0.29, 0.717) is 11.6 Å². The Kier molecular flexibility index (Phi) is 4.01. The highest BCUT2D eigenvalue weighted by atomic mass is 32.2. The molecule has 0 spiro atoms. The molecule has 0 amide bonds. The highest BCUT2D eigenvalue weighted by molar-refractivity contribution is 7.85. The summed E-state index contributed by atoms with van der Waals surface area (Å²) in [5.41, 5.74) is 10.8. The summed E-state index contributed by atoms with van der Waals surface area (Å²) in [5, 5.41) is 5.88. The first-order valence-corrected chi connectivity index (χ1v) is 5.77. The Balaban J connectivity index is 0.000000202. The van der Waals surface area contributed by atoms with Crippen LogP contribution in [0.1, 0.15) is 0 Å². The van der Waals surface area contributed by atoms with Gasteiger partial charge in [-0.15, -0.1) is 0 Å². The summed E-state index contributed by atoms with van der Waals surface area (Å²) in [6, 6.07) is 5.29. The molecule has 0 saturated heterocycles. The first-order valence-electron chi connectivity index (χ1n) is 4.33. The van der Waals surface area contributed by atoms with Crippen molar-refractivity contribution >= 4 is 21.8 Å². The highest BCUT2D eigenvalue weighted by Crippen LogP contribution is 2.10. The Morgan fingerprint density at radius 3 is 2.06 bits per heavy atom. The van der Waals surface area contributed by atoms with Gasteiger partial charge < -0.3 is 11.5 Å². The van der Waals surface area contributed by atoms with Crippen molar-refractivity contribution in [1.29, 1.82) is 0 Å². The normalized spacial score (nSPS) is 10.4. The van der Waals surface area contributed by atoms with E-state index in [-0.39, 0.29) is 4.90 Å². The minimum absolute atomic E-state index is 0.147. The molecule has 17 heavy (non-hydrogen) atoms. The van der Waals surface area contributed by atoms with Crippen LogP contribution in [0.4, 0.5) is 11.6 Å². The van der Waals surface area contributed by atoms with E-state index in [2.05, 4.69) is 15.2 Å². The zero-order valence-electron chi connectivity index (χ0n) is 8.61. The van der Waals surface area contributed by atoms with Crippen LogP contribution in [0.15, 0.2) is 35.5 Å². The van der Waals surface area contributed by atoms with Gasteiger partial charge in [0.25, 0.3) is 10.1 Å². The van der Waals surface area contributed by atoms with E-state index in [4.69, 9.17) is 16.0 Å². The number of nitrogens with one attached hydrogen (secondary N) is 1. The van der Waals surface area contributed by atoms with Crippen LogP contribution in [0.2, 0.25) is 0 Å². The van der Waals surface area contributed by atoms with Crippen LogP contribution >= 0.6 is 0 Å². The van der Waals surface area contributed by atoms with E-state index >= 15 is 0 Å². The Morgan fingerprint density at radius 2 is 1.76 bits per heavy atom. The van der Waals surface area contributed by atoms with Crippen LogP contribution in [0.5, 0.6) is 0 Å². The molecule has 0 aliphatic heterocycles. The molecule has 0 bridgehead atoms. The molecule has 0 aliphatic carbocycles. The fraction of sp³-hybridized carbons (Fsp3) is 0. The van der Waals surface area contributed by atoms with Gasteiger partial charge in [0, 0.05) is 5.69 Å². The van der Waals surface area contributed by atoms with Gasteiger partial charge in [-0.1, -0.05) is 0 Å². The first-order chi connectivity index (χ1) is 7.89. The molecule has 0 atom stereocenters. The van der Waals surface area contributed by atoms with Crippen molar-refractivity contribution in [2.75, 3.05) is 11.5 Å². The topological polar surface area (TPSA) is 148 Å². The molecule has 1 heterocycles. The molecular weight excluding hydrogens is 246 g/mol. The van der Waals surface area contributed by atoms with Gasteiger partial charge in [-0.25, -0.2) is 10.1 Å². The number of aromatic nitrogens is 3. The summed E-state index contributed by atoms with van der Waals surface area (Å²) in [5.74, 6) is 0.356. The number of anilines is 2. The summed E-state index contributed by atoms with van der Waals surface area (Å²) in [7, 11) is -4.08. The molecule has 92 valence electrons. The average Bonchev–Trinajstić information content (AvgIpc) is 2.69. The van der Waals surface area contributed by atoms with Gasteiger partial charge >= 0.3 is 0 Å². The standard InChI is InChI=1S/C6H7NO3S.C2H4N4/c7-5-1-3-6(4-2-5)11(8,9)10;3-2-4-1-5-6-2/h1-4H,7H2,(H,8,9,10);1H,(H3,3,4,5,6).